The number of carbonyl (C=O) groups is 2. The molecule has 9 nitrogen and oxygen atoms in total. The second kappa shape index (κ2) is 11.3. The lowest BCUT2D eigenvalue weighted by atomic mass is 10.0. The molecule has 3 rings (SSSR count). The van der Waals surface area contributed by atoms with Gasteiger partial charge in [-0.1, -0.05) is 25.1 Å². The summed E-state index contributed by atoms with van der Waals surface area (Å²) in [6, 6.07) is 12.0. The Morgan fingerprint density at radius 2 is 1.71 bits per heavy atom. The van der Waals surface area contributed by atoms with Gasteiger partial charge in [0.1, 0.15) is 11.5 Å². The van der Waals surface area contributed by atoms with Gasteiger partial charge in [0.25, 0.3) is 11.8 Å². The standard InChI is InChI=1S/C24H22F2N2O7/c1-2-20(24(31)32)35-23-19(26)10-18(25)22(28-23)34-17-8-15(7-16(9-17)33-12-21(29)30)14-5-3-4-13(6-14)11-27/h3-10,20H,2,11-12,27H2,1H3,(H,29,30)(H,31,32). The van der Waals surface area contributed by atoms with Crippen LogP contribution in [-0.2, 0) is 16.1 Å². The Morgan fingerprint density at radius 1 is 1.00 bits per heavy atom. The molecule has 0 fully saturated rings. The molecule has 0 spiro atoms. The number of hydrogen-bond donors (Lipinski definition) is 3. The van der Waals surface area contributed by atoms with E-state index in [2.05, 4.69) is 4.98 Å². The van der Waals surface area contributed by atoms with Gasteiger partial charge < -0.3 is 30.2 Å². The van der Waals surface area contributed by atoms with E-state index in [1.165, 1.54) is 19.1 Å². The van der Waals surface area contributed by atoms with Crippen molar-refractivity contribution in [1.29, 1.82) is 0 Å². The molecule has 0 aliphatic rings. The lowest BCUT2D eigenvalue weighted by Crippen LogP contribution is -2.26. The second-order valence-corrected chi connectivity index (χ2v) is 7.30. The molecule has 1 atom stereocenters. The molecule has 1 heterocycles. The summed E-state index contributed by atoms with van der Waals surface area (Å²) in [5, 5.41) is 18.1. The summed E-state index contributed by atoms with van der Waals surface area (Å²) in [5.41, 5.74) is 7.77. The minimum Gasteiger partial charge on any atom is -0.482 e. The van der Waals surface area contributed by atoms with E-state index in [9.17, 15) is 18.4 Å². The van der Waals surface area contributed by atoms with Gasteiger partial charge in [0.15, 0.2) is 24.3 Å². The van der Waals surface area contributed by atoms with Crippen LogP contribution in [-0.4, -0.2) is 39.8 Å². The number of carboxylic acids is 2. The van der Waals surface area contributed by atoms with Crippen LogP contribution in [0.3, 0.4) is 0 Å². The highest BCUT2D eigenvalue weighted by molar-refractivity contribution is 5.72. The molecule has 0 aliphatic carbocycles. The summed E-state index contributed by atoms with van der Waals surface area (Å²) in [7, 11) is 0. The number of aromatic nitrogens is 1. The van der Waals surface area contributed by atoms with Crippen LogP contribution in [0.15, 0.2) is 48.5 Å². The maximum atomic E-state index is 14.4. The van der Waals surface area contributed by atoms with Crippen molar-refractivity contribution in [2.45, 2.75) is 26.0 Å². The average Bonchev–Trinajstić information content (AvgIpc) is 2.83. The molecular weight excluding hydrogens is 466 g/mol. The minimum absolute atomic E-state index is 0.00438. The number of ether oxygens (including phenoxy) is 3. The number of hydrogen-bond acceptors (Lipinski definition) is 7. The van der Waals surface area contributed by atoms with E-state index < -0.39 is 48.0 Å². The zero-order chi connectivity index (χ0) is 25.5. The Morgan fingerprint density at radius 3 is 2.37 bits per heavy atom. The van der Waals surface area contributed by atoms with Gasteiger partial charge in [-0.15, -0.1) is 0 Å². The van der Waals surface area contributed by atoms with Crippen molar-refractivity contribution in [3.8, 4) is 34.4 Å². The number of aliphatic carboxylic acids is 2. The molecule has 4 N–H and O–H groups in total. The van der Waals surface area contributed by atoms with Gasteiger partial charge in [-0.25, -0.2) is 18.4 Å². The van der Waals surface area contributed by atoms with Crippen LogP contribution < -0.4 is 19.9 Å². The zero-order valence-electron chi connectivity index (χ0n) is 18.5. The number of nitrogens with zero attached hydrogens (tertiary/aromatic N) is 1. The fraction of sp³-hybridized carbons (Fsp3) is 0.208. The van der Waals surface area contributed by atoms with Gasteiger partial charge in [-0.3, -0.25) is 0 Å². The Hall–Kier alpha value is -4.25. The Bertz CT molecular complexity index is 1240. The molecule has 1 unspecified atom stereocenters. The number of benzene rings is 2. The molecule has 1 aromatic heterocycles. The van der Waals surface area contributed by atoms with E-state index in [4.69, 9.17) is 30.2 Å². The van der Waals surface area contributed by atoms with Crippen LogP contribution >= 0.6 is 0 Å². The number of rotatable bonds is 11. The monoisotopic (exact) mass is 488 g/mol. The van der Waals surface area contributed by atoms with E-state index >= 15 is 0 Å². The van der Waals surface area contributed by atoms with Gasteiger partial charge >= 0.3 is 11.9 Å². The Labute approximate surface area is 198 Å². The van der Waals surface area contributed by atoms with Crippen LogP contribution in [0.25, 0.3) is 11.1 Å². The molecule has 0 amide bonds. The Kier molecular flexibility index (Phi) is 8.16. The highest BCUT2D eigenvalue weighted by Crippen LogP contribution is 2.34. The fourth-order valence-electron chi connectivity index (χ4n) is 3.05. The van der Waals surface area contributed by atoms with E-state index in [0.29, 0.717) is 17.2 Å². The van der Waals surface area contributed by atoms with Crippen molar-refractivity contribution < 1.29 is 42.8 Å². The van der Waals surface area contributed by atoms with Crippen molar-refractivity contribution in [3.63, 3.8) is 0 Å². The predicted molar refractivity (Wildman–Crippen MR) is 119 cm³/mol. The third-order valence-electron chi connectivity index (χ3n) is 4.72. The quantitative estimate of drug-likeness (QED) is 0.365. The summed E-state index contributed by atoms with van der Waals surface area (Å²) < 4.78 is 44.5. The van der Waals surface area contributed by atoms with E-state index in [1.54, 1.807) is 24.3 Å². The lowest BCUT2D eigenvalue weighted by Gasteiger charge is -2.15. The van der Waals surface area contributed by atoms with Crippen molar-refractivity contribution in [2.75, 3.05) is 6.61 Å². The van der Waals surface area contributed by atoms with Crippen LogP contribution in [0.5, 0.6) is 23.3 Å². The predicted octanol–water partition coefficient (Wildman–Crippen LogP) is 3.98. The molecule has 0 aliphatic heterocycles. The number of carboxylic acid groups (broad SMARTS) is 2. The van der Waals surface area contributed by atoms with Crippen molar-refractivity contribution in [2.24, 2.45) is 5.73 Å². The molecule has 35 heavy (non-hydrogen) atoms. The summed E-state index contributed by atoms with van der Waals surface area (Å²) in [6.07, 6.45) is -1.39. The first-order valence-corrected chi connectivity index (χ1v) is 10.4. The first kappa shape index (κ1) is 25.4. The molecule has 0 bridgehead atoms. The molecule has 3 aromatic rings. The zero-order valence-corrected chi connectivity index (χ0v) is 18.5. The first-order valence-electron chi connectivity index (χ1n) is 10.4. The highest BCUT2D eigenvalue weighted by atomic mass is 19.1. The van der Waals surface area contributed by atoms with E-state index in [0.717, 1.165) is 5.56 Å². The van der Waals surface area contributed by atoms with Gasteiger partial charge in [0.2, 0.25) is 0 Å². The van der Waals surface area contributed by atoms with Gasteiger partial charge in [0, 0.05) is 18.7 Å². The second-order valence-electron chi connectivity index (χ2n) is 7.30. The summed E-state index contributed by atoms with van der Waals surface area (Å²) in [4.78, 5) is 25.8. The van der Waals surface area contributed by atoms with Crippen molar-refractivity contribution >= 4 is 11.9 Å². The van der Waals surface area contributed by atoms with Crippen LogP contribution in [0.2, 0.25) is 0 Å². The first-order chi connectivity index (χ1) is 16.7. The smallest absolute Gasteiger partial charge is 0.344 e. The Balaban J connectivity index is 2.00. The average molecular weight is 488 g/mol. The molecule has 11 heteroatoms. The summed E-state index contributed by atoms with van der Waals surface area (Å²) in [6.45, 7) is 1.16. The van der Waals surface area contributed by atoms with Crippen molar-refractivity contribution in [1.82, 2.24) is 4.98 Å². The number of pyridine rings is 1. The SMILES string of the molecule is CCC(Oc1nc(Oc2cc(OCC(=O)O)cc(-c3cccc(CN)c3)c2)c(F)cc1F)C(=O)O. The van der Waals surface area contributed by atoms with E-state index in [-0.39, 0.29) is 24.5 Å². The van der Waals surface area contributed by atoms with Gasteiger partial charge in [0.05, 0.1) is 0 Å². The van der Waals surface area contributed by atoms with Gasteiger partial charge in [-0.2, -0.15) is 4.98 Å². The molecule has 0 radical (unpaired) electrons. The largest absolute Gasteiger partial charge is 0.482 e. The third kappa shape index (κ3) is 6.64. The normalized spacial score (nSPS) is 11.5. The molecule has 2 aromatic carbocycles. The van der Waals surface area contributed by atoms with E-state index in [1.807, 2.05) is 6.07 Å². The summed E-state index contributed by atoms with van der Waals surface area (Å²) in [5.74, 6) is -6.24. The van der Waals surface area contributed by atoms with Crippen LogP contribution in [0.4, 0.5) is 8.78 Å². The minimum atomic E-state index is -1.40. The topological polar surface area (TPSA) is 141 Å². The maximum Gasteiger partial charge on any atom is 0.344 e. The van der Waals surface area contributed by atoms with Gasteiger partial charge in [-0.05, 0) is 41.3 Å². The fourth-order valence-corrected chi connectivity index (χ4v) is 3.05. The molecule has 0 saturated heterocycles. The summed E-state index contributed by atoms with van der Waals surface area (Å²) >= 11 is 0. The number of nitrogens with two attached hydrogens (primary N) is 1. The molecule has 184 valence electrons. The molecule has 0 saturated carbocycles. The van der Waals surface area contributed by atoms with Crippen molar-refractivity contribution in [3.05, 3.63) is 65.7 Å². The van der Waals surface area contributed by atoms with Crippen LogP contribution in [0, 0.1) is 11.6 Å². The van der Waals surface area contributed by atoms with Crippen LogP contribution in [0.1, 0.15) is 18.9 Å². The molecular formula is C24H22F2N2O7. The number of halogens is 2. The maximum absolute atomic E-state index is 14.4. The highest BCUT2D eigenvalue weighted by Gasteiger charge is 2.22. The third-order valence-corrected chi connectivity index (χ3v) is 4.72. The lowest BCUT2D eigenvalue weighted by molar-refractivity contribution is -0.145.